The number of nitriles is 1. The molecule has 24 heavy (non-hydrogen) atoms. The molecule has 0 bridgehead atoms. The van der Waals surface area contributed by atoms with Crippen molar-refractivity contribution in [2.45, 2.75) is 44.6 Å². The molecule has 2 aliphatic rings. The fourth-order valence-electron chi connectivity index (χ4n) is 3.33. The maximum Gasteiger partial charge on any atom is 0.232 e. The van der Waals surface area contributed by atoms with Crippen molar-refractivity contribution in [3.8, 4) is 6.07 Å². The van der Waals surface area contributed by atoms with Crippen LogP contribution in [0.4, 0.5) is 0 Å². The molecule has 0 N–H and O–H groups in total. The number of fused-ring (bicyclic) bond motifs is 1. The first kappa shape index (κ1) is 17.0. The van der Waals surface area contributed by atoms with Crippen LogP contribution in [0.25, 0.3) is 0 Å². The summed E-state index contributed by atoms with van der Waals surface area (Å²) in [5.74, 6) is 0.435. The summed E-state index contributed by atoms with van der Waals surface area (Å²) in [4.78, 5) is 30.9. The third-order valence-corrected chi connectivity index (χ3v) is 5.54. The lowest BCUT2D eigenvalue weighted by Gasteiger charge is -2.29. The largest absolute Gasteiger partial charge is 0.342 e. The molecular weight excluding hydrogens is 322 g/mol. The molecule has 1 fully saturated rings. The molecule has 1 saturated heterocycles. The first-order valence-electron chi connectivity index (χ1n) is 8.27. The van der Waals surface area contributed by atoms with Crippen molar-refractivity contribution in [3.05, 3.63) is 22.9 Å². The van der Waals surface area contributed by atoms with Crippen LogP contribution in [0.5, 0.6) is 0 Å². The molecule has 1 amide bonds. The Morgan fingerprint density at radius 2 is 2.08 bits per heavy atom. The van der Waals surface area contributed by atoms with E-state index in [1.54, 1.807) is 6.07 Å². The van der Waals surface area contributed by atoms with Gasteiger partial charge in [0.2, 0.25) is 5.91 Å². The quantitative estimate of drug-likeness (QED) is 0.789. The monoisotopic (exact) mass is 343 g/mol. The van der Waals surface area contributed by atoms with Crippen LogP contribution in [0.2, 0.25) is 0 Å². The van der Waals surface area contributed by atoms with Crippen LogP contribution >= 0.6 is 11.8 Å². The van der Waals surface area contributed by atoms with E-state index in [0.717, 1.165) is 31.6 Å². The zero-order chi connectivity index (χ0) is 17.3. The van der Waals surface area contributed by atoms with E-state index in [-0.39, 0.29) is 22.9 Å². The summed E-state index contributed by atoms with van der Waals surface area (Å²) in [7, 11) is 0. The summed E-state index contributed by atoms with van der Waals surface area (Å²) < 4.78 is 0. The van der Waals surface area contributed by atoms with Crippen molar-refractivity contribution in [1.29, 1.82) is 5.26 Å². The molecule has 1 aromatic heterocycles. The Morgan fingerprint density at radius 1 is 1.38 bits per heavy atom. The van der Waals surface area contributed by atoms with Crippen LogP contribution in [0.15, 0.2) is 11.1 Å². The normalized spacial score (nSPS) is 19.0. The second-order valence-corrected chi connectivity index (χ2v) is 8.23. The number of rotatable bonds is 3. The Morgan fingerprint density at radius 3 is 2.75 bits per heavy atom. The molecule has 6 heteroatoms. The third-order valence-electron chi connectivity index (χ3n) is 4.56. The number of nitrogens with zero attached hydrogens (tertiary/aromatic N) is 3. The number of hydrogen-bond acceptors (Lipinski definition) is 5. The number of ketones is 1. The fraction of sp³-hybridized carbons (Fsp3) is 0.556. The summed E-state index contributed by atoms with van der Waals surface area (Å²) in [6.07, 6.45) is 3.32. The molecule has 5 nitrogen and oxygen atoms in total. The zero-order valence-electron chi connectivity index (χ0n) is 14.1. The van der Waals surface area contributed by atoms with Gasteiger partial charge in [0.25, 0.3) is 0 Å². The van der Waals surface area contributed by atoms with Crippen LogP contribution in [-0.2, 0) is 11.2 Å². The first-order chi connectivity index (χ1) is 11.4. The minimum atomic E-state index is -0.113. The van der Waals surface area contributed by atoms with Crippen molar-refractivity contribution >= 4 is 23.5 Å². The van der Waals surface area contributed by atoms with E-state index in [1.807, 2.05) is 4.90 Å². The molecular formula is C18H21N3O2S. The Balaban J connectivity index is 1.81. The molecule has 1 aliphatic carbocycles. The van der Waals surface area contributed by atoms with Gasteiger partial charge in [-0.15, -0.1) is 0 Å². The van der Waals surface area contributed by atoms with E-state index >= 15 is 0 Å². The molecule has 0 spiro atoms. The molecule has 0 radical (unpaired) electrons. The number of amides is 1. The summed E-state index contributed by atoms with van der Waals surface area (Å²) in [6, 6.07) is 3.78. The summed E-state index contributed by atoms with van der Waals surface area (Å²) in [6.45, 7) is 5.75. The van der Waals surface area contributed by atoms with Crippen molar-refractivity contribution < 1.29 is 9.59 Å². The lowest BCUT2D eigenvalue weighted by Crippen LogP contribution is -2.29. The van der Waals surface area contributed by atoms with Crippen LogP contribution < -0.4 is 0 Å². The van der Waals surface area contributed by atoms with Crippen LogP contribution in [0, 0.1) is 16.7 Å². The van der Waals surface area contributed by atoms with Crippen molar-refractivity contribution in [1.82, 2.24) is 9.88 Å². The SMILES string of the molecule is CC1(C)CC(=O)c2cc(C#N)c(SCC(=O)N3CCCC3)nc2C1. The topological polar surface area (TPSA) is 74.1 Å². The van der Waals surface area contributed by atoms with Crippen LogP contribution in [-0.4, -0.2) is 40.4 Å². The molecule has 1 aliphatic heterocycles. The maximum atomic E-state index is 12.3. The smallest absolute Gasteiger partial charge is 0.232 e. The summed E-state index contributed by atoms with van der Waals surface area (Å²) in [5.41, 5.74) is 1.60. The highest BCUT2D eigenvalue weighted by Gasteiger charge is 2.33. The van der Waals surface area contributed by atoms with Gasteiger partial charge in [-0.05, 0) is 30.7 Å². The fourth-order valence-corrected chi connectivity index (χ4v) is 4.21. The average Bonchev–Trinajstić information content (AvgIpc) is 3.05. The van der Waals surface area contributed by atoms with Gasteiger partial charge < -0.3 is 4.90 Å². The molecule has 0 aromatic carbocycles. The van der Waals surface area contributed by atoms with Gasteiger partial charge in [-0.3, -0.25) is 9.59 Å². The Bertz CT molecular complexity index is 731. The second kappa shape index (κ2) is 6.56. The molecule has 3 rings (SSSR count). The molecule has 0 atom stereocenters. The van der Waals surface area contributed by atoms with Gasteiger partial charge in [0, 0.05) is 25.1 Å². The van der Waals surface area contributed by atoms with Gasteiger partial charge in [0.05, 0.1) is 17.0 Å². The minimum absolute atomic E-state index is 0.0509. The van der Waals surface area contributed by atoms with Gasteiger partial charge in [-0.2, -0.15) is 5.26 Å². The summed E-state index contributed by atoms with van der Waals surface area (Å²) >= 11 is 1.30. The van der Waals surface area contributed by atoms with Gasteiger partial charge >= 0.3 is 0 Å². The number of carbonyl (C=O) groups excluding carboxylic acids is 2. The van der Waals surface area contributed by atoms with Gasteiger partial charge in [0.1, 0.15) is 11.1 Å². The van der Waals surface area contributed by atoms with Crippen LogP contribution in [0.3, 0.4) is 0 Å². The highest BCUT2D eigenvalue weighted by molar-refractivity contribution is 8.00. The lowest BCUT2D eigenvalue weighted by atomic mass is 9.75. The Labute approximate surface area is 146 Å². The highest BCUT2D eigenvalue weighted by atomic mass is 32.2. The number of thioether (sulfide) groups is 1. The number of pyridine rings is 1. The highest BCUT2D eigenvalue weighted by Crippen LogP contribution is 2.36. The number of carbonyl (C=O) groups is 2. The first-order valence-corrected chi connectivity index (χ1v) is 9.26. The number of hydrogen-bond donors (Lipinski definition) is 0. The molecule has 126 valence electrons. The third kappa shape index (κ3) is 3.46. The van der Waals surface area contributed by atoms with E-state index in [2.05, 4.69) is 24.9 Å². The zero-order valence-corrected chi connectivity index (χ0v) is 14.9. The Hall–Kier alpha value is -1.87. The second-order valence-electron chi connectivity index (χ2n) is 7.26. The number of aromatic nitrogens is 1. The van der Waals surface area contributed by atoms with Gasteiger partial charge in [-0.1, -0.05) is 25.6 Å². The standard InChI is InChI=1S/C18H21N3O2S/c1-18(2)8-14-13(15(22)9-18)7-12(10-19)17(20-14)24-11-16(23)21-5-3-4-6-21/h7H,3-6,8-9,11H2,1-2H3. The van der Waals surface area contributed by atoms with Gasteiger partial charge in [-0.25, -0.2) is 4.98 Å². The maximum absolute atomic E-state index is 12.3. The van der Waals surface area contributed by atoms with E-state index in [0.29, 0.717) is 29.0 Å². The molecule has 2 heterocycles. The average molecular weight is 343 g/mol. The Kier molecular flexibility index (Phi) is 4.64. The van der Waals surface area contributed by atoms with E-state index in [4.69, 9.17) is 0 Å². The van der Waals surface area contributed by atoms with Gasteiger partial charge in [0.15, 0.2) is 5.78 Å². The minimum Gasteiger partial charge on any atom is -0.342 e. The van der Waals surface area contributed by atoms with Crippen LogP contribution in [0.1, 0.15) is 54.7 Å². The van der Waals surface area contributed by atoms with E-state index < -0.39 is 0 Å². The molecule has 1 aromatic rings. The number of Topliss-reactive ketones (excluding diaryl/α,β-unsaturated/α-hetero) is 1. The molecule has 0 unspecified atom stereocenters. The van der Waals surface area contributed by atoms with Crippen molar-refractivity contribution in [2.24, 2.45) is 5.41 Å². The predicted molar refractivity (Wildman–Crippen MR) is 91.9 cm³/mol. The van der Waals surface area contributed by atoms with Crippen molar-refractivity contribution in [3.63, 3.8) is 0 Å². The lowest BCUT2D eigenvalue weighted by molar-refractivity contribution is -0.127. The van der Waals surface area contributed by atoms with Crippen molar-refractivity contribution in [2.75, 3.05) is 18.8 Å². The molecule has 0 saturated carbocycles. The van der Waals surface area contributed by atoms with E-state index in [1.165, 1.54) is 11.8 Å². The number of likely N-dealkylation sites (tertiary alicyclic amines) is 1. The predicted octanol–water partition coefficient (Wildman–Crippen LogP) is 2.82. The van der Waals surface area contributed by atoms with E-state index in [9.17, 15) is 14.9 Å². The summed E-state index contributed by atoms with van der Waals surface area (Å²) in [5, 5.41) is 9.94.